The van der Waals surface area contributed by atoms with Gasteiger partial charge in [0, 0.05) is 23.5 Å². The van der Waals surface area contributed by atoms with E-state index >= 15 is 0 Å². The summed E-state index contributed by atoms with van der Waals surface area (Å²) >= 11 is 0. The molecule has 2 aromatic heterocycles. The van der Waals surface area contributed by atoms with Gasteiger partial charge in [-0.05, 0) is 31.2 Å². The zero-order valence-corrected chi connectivity index (χ0v) is 14.2. The monoisotopic (exact) mass is 348 g/mol. The van der Waals surface area contributed by atoms with Gasteiger partial charge in [0.1, 0.15) is 5.82 Å². The summed E-state index contributed by atoms with van der Waals surface area (Å²) in [6, 6.07) is 17.8. The van der Waals surface area contributed by atoms with Gasteiger partial charge in [-0.2, -0.15) is 5.10 Å². The lowest BCUT2D eigenvalue weighted by molar-refractivity contribution is 0.102. The first-order valence-electron chi connectivity index (χ1n) is 8.37. The predicted molar refractivity (Wildman–Crippen MR) is 99.5 cm³/mol. The van der Waals surface area contributed by atoms with Crippen LogP contribution in [0, 0.1) is 5.82 Å². The van der Waals surface area contributed by atoms with Crippen molar-refractivity contribution in [2.24, 2.45) is 0 Å². The van der Waals surface area contributed by atoms with Gasteiger partial charge in [-0.15, -0.1) is 0 Å². The number of aryl methyl sites for hydroxylation is 1. The van der Waals surface area contributed by atoms with Crippen molar-refractivity contribution in [1.29, 1.82) is 0 Å². The molecule has 0 fully saturated rings. The van der Waals surface area contributed by atoms with E-state index in [4.69, 9.17) is 0 Å². The molecule has 0 aliphatic rings. The molecule has 0 atom stereocenters. The van der Waals surface area contributed by atoms with Crippen LogP contribution >= 0.6 is 0 Å². The van der Waals surface area contributed by atoms with Gasteiger partial charge in [0.2, 0.25) is 0 Å². The number of para-hydroxylation sites is 1. The van der Waals surface area contributed by atoms with Crippen LogP contribution in [-0.2, 0) is 6.54 Å². The molecular weight excluding hydrogens is 331 g/mol. The van der Waals surface area contributed by atoms with E-state index in [0.29, 0.717) is 5.82 Å². The van der Waals surface area contributed by atoms with Gasteiger partial charge in [0.15, 0.2) is 5.82 Å². The smallest absolute Gasteiger partial charge is 0.259 e. The highest BCUT2D eigenvalue weighted by molar-refractivity contribution is 6.04. The Balaban J connectivity index is 1.65. The number of hydrogen-bond acceptors (Lipinski definition) is 2. The van der Waals surface area contributed by atoms with Crippen molar-refractivity contribution >= 4 is 22.6 Å². The molecule has 26 heavy (non-hydrogen) atoms. The maximum Gasteiger partial charge on any atom is 0.259 e. The molecule has 5 nitrogen and oxygen atoms in total. The van der Waals surface area contributed by atoms with Crippen molar-refractivity contribution in [3.63, 3.8) is 0 Å². The minimum absolute atomic E-state index is 0.0141. The number of carbonyl (C=O) groups excluding carboxylic acids is 1. The highest BCUT2D eigenvalue weighted by atomic mass is 19.1. The van der Waals surface area contributed by atoms with Crippen LogP contribution in [-0.4, -0.2) is 20.7 Å². The molecule has 0 bridgehead atoms. The van der Waals surface area contributed by atoms with Crippen molar-refractivity contribution in [3.05, 3.63) is 72.0 Å². The van der Waals surface area contributed by atoms with Gasteiger partial charge >= 0.3 is 0 Å². The van der Waals surface area contributed by atoms with E-state index in [2.05, 4.69) is 45.2 Å². The van der Waals surface area contributed by atoms with Gasteiger partial charge in [0.05, 0.1) is 17.0 Å². The molecule has 0 unspecified atom stereocenters. The van der Waals surface area contributed by atoms with Crippen LogP contribution in [0.3, 0.4) is 0 Å². The summed E-state index contributed by atoms with van der Waals surface area (Å²) in [5.41, 5.74) is 2.88. The van der Waals surface area contributed by atoms with E-state index in [1.54, 1.807) is 18.2 Å². The van der Waals surface area contributed by atoms with Crippen LogP contribution in [0.2, 0.25) is 0 Å². The first-order chi connectivity index (χ1) is 12.7. The zero-order chi connectivity index (χ0) is 18.1. The molecule has 0 spiro atoms. The van der Waals surface area contributed by atoms with Crippen LogP contribution in [0.25, 0.3) is 22.3 Å². The van der Waals surface area contributed by atoms with Crippen molar-refractivity contribution in [2.75, 3.05) is 5.32 Å². The number of carbonyl (C=O) groups is 1. The fraction of sp³-hybridized carbons (Fsp3) is 0.100. The molecule has 0 aliphatic heterocycles. The Morgan fingerprint density at radius 3 is 2.73 bits per heavy atom. The molecule has 0 saturated carbocycles. The number of anilines is 1. The lowest BCUT2D eigenvalue weighted by Gasteiger charge is -2.05. The van der Waals surface area contributed by atoms with Crippen LogP contribution < -0.4 is 5.32 Å². The van der Waals surface area contributed by atoms with E-state index in [9.17, 15) is 9.18 Å². The van der Waals surface area contributed by atoms with Crippen LogP contribution in [0.4, 0.5) is 10.2 Å². The average Bonchev–Trinajstić information content (AvgIpc) is 3.25. The van der Waals surface area contributed by atoms with Crippen LogP contribution in [0.5, 0.6) is 0 Å². The highest BCUT2D eigenvalue weighted by Crippen LogP contribution is 2.28. The summed E-state index contributed by atoms with van der Waals surface area (Å²) in [6.07, 6.45) is 0. The number of aromatic nitrogens is 3. The first-order valence-corrected chi connectivity index (χ1v) is 8.37. The number of nitrogens with zero attached hydrogens (tertiary/aromatic N) is 2. The lowest BCUT2D eigenvalue weighted by atomic mass is 10.2. The Morgan fingerprint density at radius 1 is 1.15 bits per heavy atom. The Morgan fingerprint density at radius 2 is 1.92 bits per heavy atom. The molecule has 2 aromatic carbocycles. The van der Waals surface area contributed by atoms with E-state index in [1.807, 2.05) is 12.1 Å². The summed E-state index contributed by atoms with van der Waals surface area (Å²) in [4.78, 5) is 12.2. The number of hydrogen-bond donors (Lipinski definition) is 2. The molecule has 1 amide bonds. The molecule has 2 N–H and O–H groups in total. The summed E-state index contributed by atoms with van der Waals surface area (Å²) < 4.78 is 15.9. The van der Waals surface area contributed by atoms with E-state index in [1.165, 1.54) is 12.1 Å². The van der Waals surface area contributed by atoms with Crippen molar-refractivity contribution < 1.29 is 9.18 Å². The number of H-pyrrole nitrogens is 1. The normalized spacial score (nSPS) is 11.0. The van der Waals surface area contributed by atoms with Crippen molar-refractivity contribution in [3.8, 4) is 11.4 Å². The molecule has 4 aromatic rings. The third-order valence-corrected chi connectivity index (χ3v) is 4.34. The SMILES string of the molecule is CCn1c(-c2cc(NC(=O)c3ccccc3F)n[nH]2)cc2ccccc21. The maximum absolute atomic E-state index is 13.7. The van der Waals surface area contributed by atoms with Crippen LogP contribution in [0.1, 0.15) is 17.3 Å². The minimum atomic E-state index is -0.563. The second-order valence-electron chi connectivity index (χ2n) is 5.93. The molecule has 0 aliphatic carbocycles. The Labute approximate surface area is 149 Å². The maximum atomic E-state index is 13.7. The summed E-state index contributed by atoms with van der Waals surface area (Å²) in [7, 11) is 0. The van der Waals surface area contributed by atoms with Gasteiger partial charge < -0.3 is 9.88 Å². The van der Waals surface area contributed by atoms with Gasteiger partial charge in [-0.3, -0.25) is 9.89 Å². The van der Waals surface area contributed by atoms with E-state index < -0.39 is 11.7 Å². The summed E-state index contributed by atoms with van der Waals surface area (Å²) in [5.74, 6) is -0.745. The fourth-order valence-corrected chi connectivity index (χ4v) is 3.12. The second-order valence-corrected chi connectivity index (χ2v) is 5.93. The lowest BCUT2D eigenvalue weighted by Crippen LogP contribution is -2.13. The molecule has 0 saturated heterocycles. The second kappa shape index (κ2) is 6.48. The van der Waals surface area contributed by atoms with Crippen molar-refractivity contribution in [1.82, 2.24) is 14.8 Å². The fourth-order valence-electron chi connectivity index (χ4n) is 3.12. The number of benzene rings is 2. The Kier molecular flexibility index (Phi) is 4.01. The number of rotatable bonds is 4. The summed E-state index contributed by atoms with van der Waals surface area (Å²) in [6.45, 7) is 2.88. The molecule has 4 rings (SSSR count). The number of halogens is 1. The van der Waals surface area contributed by atoms with Gasteiger partial charge in [-0.1, -0.05) is 30.3 Å². The topological polar surface area (TPSA) is 62.7 Å². The first kappa shape index (κ1) is 16.1. The van der Waals surface area contributed by atoms with Crippen molar-refractivity contribution in [2.45, 2.75) is 13.5 Å². The van der Waals surface area contributed by atoms with Gasteiger partial charge in [-0.25, -0.2) is 4.39 Å². The highest BCUT2D eigenvalue weighted by Gasteiger charge is 2.15. The molecular formula is C20H17FN4O. The van der Waals surface area contributed by atoms with Crippen LogP contribution in [0.15, 0.2) is 60.7 Å². The largest absolute Gasteiger partial charge is 0.340 e. The minimum Gasteiger partial charge on any atom is -0.340 e. The Bertz CT molecular complexity index is 1100. The third-order valence-electron chi connectivity index (χ3n) is 4.34. The average molecular weight is 348 g/mol. The molecule has 6 heteroatoms. The zero-order valence-electron chi connectivity index (χ0n) is 14.2. The predicted octanol–water partition coefficient (Wildman–Crippen LogP) is 4.44. The number of aromatic amines is 1. The molecule has 2 heterocycles. The number of amides is 1. The summed E-state index contributed by atoms with van der Waals surface area (Å²) in [5, 5.41) is 10.9. The van der Waals surface area contributed by atoms with Gasteiger partial charge in [0.25, 0.3) is 5.91 Å². The van der Waals surface area contributed by atoms with E-state index in [0.717, 1.165) is 28.8 Å². The Hall–Kier alpha value is -3.41. The molecule has 130 valence electrons. The number of fused-ring (bicyclic) bond motifs is 1. The quantitative estimate of drug-likeness (QED) is 0.573. The molecule has 0 radical (unpaired) electrons. The standard InChI is InChI=1S/C20H17FN4O/c1-2-25-17-10-6-3-7-13(17)11-18(25)16-12-19(24-23-16)22-20(26)14-8-4-5-9-15(14)21/h3-12H,2H2,1H3,(H2,22,23,24,26). The number of nitrogens with one attached hydrogen (secondary N) is 2. The van der Waals surface area contributed by atoms with E-state index in [-0.39, 0.29) is 5.56 Å². The third kappa shape index (κ3) is 2.75.